The van der Waals surface area contributed by atoms with E-state index in [1.807, 2.05) is 18.7 Å². The van der Waals surface area contributed by atoms with Gasteiger partial charge in [0.1, 0.15) is 6.04 Å². The van der Waals surface area contributed by atoms with E-state index >= 15 is 0 Å². The molecule has 0 aromatic carbocycles. The predicted octanol–water partition coefficient (Wildman–Crippen LogP) is 2.02. The summed E-state index contributed by atoms with van der Waals surface area (Å²) in [5, 5.41) is 3.79. The first kappa shape index (κ1) is 12.8. The quantitative estimate of drug-likeness (QED) is 0.735. The fourth-order valence-electron chi connectivity index (χ4n) is 1.86. The summed E-state index contributed by atoms with van der Waals surface area (Å²) in [7, 11) is 0. The first-order valence-corrected chi connectivity index (χ1v) is 6.82. The van der Waals surface area contributed by atoms with Crippen molar-refractivity contribution in [2.45, 2.75) is 45.0 Å². The number of hydrogen-bond donors (Lipinski definition) is 1. The Morgan fingerprint density at radius 3 is 2.67 bits per heavy atom. The Hall–Kier alpha value is -0.220. The Morgan fingerprint density at radius 2 is 2.13 bits per heavy atom. The van der Waals surface area contributed by atoms with Crippen molar-refractivity contribution >= 4 is 17.7 Å². The van der Waals surface area contributed by atoms with Gasteiger partial charge in [0.15, 0.2) is 0 Å². The third-order valence-corrected chi connectivity index (χ3v) is 4.26. The highest BCUT2D eigenvalue weighted by molar-refractivity contribution is 8.00. The summed E-state index contributed by atoms with van der Waals surface area (Å²) in [4.78, 5) is 11.5. The first-order chi connectivity index (χ1) is 7.22. The van der Waals surface area contributed by atoms with Crippen molar-refractivity contribution in [3.8, 4) is 0 Å². The number of ether oxygens (including phenoxy) is 1. The number of nitrogens with one attached hydrogen (secondary N) is 1. The molecule has 0 aliphatic carbocycles. The van der Waals surface area contributed by atoms with E-state index < -0.39 is 0 Å². The minimum absolute atomic E-state index is 0.0967. The first-order valence-electron chi connectivity index (χ1n) is 5.77. The second-order valence-corrected chi connectivity index (χ2v) is 4.98. The Morgan fingerprint density at radius 1 is 1.47 bits per heavy atom. The molecule has 0 aromatic rings. The fourth-order valence-corrected chi connectivity index (χ4v) is 3.41. The van der Waals surface area contributed by atoms with E-state index in [4.69, 9.17) is 4.74 Å². The average molecular weight is 231 g/mol. The summed E-state index contributed by atoms with van der Waals surface area (Å²) >= 11 is 1.85. The van der Waals surface area contributed by atoms with Gasteiger partial charge >= 0.3 is 5.97 Å². The van der Waals surface area contributed by atoms with Gasteiger partial charge in [-0.05, 0) is 12.8 Å². The van der Waals surface area contributed by atoms with E-state index in [1.165, 1.54) is 0 Å². The smallest absolute Gasteiger partial charge is 0.324 e. The van der Waals surface area contributed by atoms with Gasteiger partial charge in [-0.15, -0.1) is 11.8 Å². The number of thioether (sulfide) groups is 1. The van der Waals surface area contributed by atoms with E-state index in [1.54, 1.807) is 0 Å². The van der Waals surface area contributed by atoms with Crippen molar-refractivity contribution in [1.82, 2.24) is 5.32 Å². The summed E-state index contributed by atoms with van der Waals surface area (Å²) in [5.41, 5.74) is 0. The van der Waals surface area contributed by atoms with Crippen LogP contribution in [-0.4, -0.2) is 29.7 Å². The largest absolute Gasteiger partial charge is 0.465 e. The van der Waals surface area contributed by atoms with E-state index in [2.05, 4.69) is 19.2 Å². The molecule has 0 amide bonds. The lowest BCUT2D eigenvalue weighted by molar-refractivity contribution is -0.144. The molecule has 0 bridgehead atoms. The number of hydrogen-bond acceptors (Lipinski definition) is 4. The molecule has 1 aliphatic rings. The Bertz CT molecular complexity index is 207. The molecule has 4 heteroatoms. The number of esters is 1. The number of rotatable bonds is 5. The van der Waals surface area contributed by atoms with Gasteiger partial charge in [-0.25, -0.2) is 0 Å². The van der Waals surface area contributed by atoms with Crippen LogP contribution in [0.4, 0.5) is 0 Å². The zero-order chi connectivity index (χ0) is 11.3. The monoisotopic (exact) mass is 231 g/mol. The van der Waals surface area contributed by atoms with Crippen LogP contribution < -0.4 is 5.32 Å². The van der Waals surface area contributed by atoms with Crippen LogP contribution in [0, 0.1) is 5.92 Å². The second-order valence-electron chi connectivity index (χ2n) is 3.80. The molecule has 1 saturated heterocycles. The van der Waals surface area contributed by atoms with Gasteiger partial charge in [-0.1, -0.05) is 26.7 Å². The highest BCUT2D eigenvalue weighted by Gasteiger charge is 2.33. The van der Waals surface area contributed by atoms with Gasteiger partial charge in [0, 0.05) is 5.75 Å². The number of carbonyl (C=O) groups is 1. The summed E-state index contributed by atoms with van der Waals surface area (Å²) < 4.78 is 5.01. The van der Waals surface area contributed by atoms with Crippen molar-refractivity contribution in [1.29, 1.82) is 0 Å². The lowest BCUT2D eigenvalue weighted by Gasteiger charge is -2.20. The maximum absolute atomic E-state index is 11.5. The van der Waals surface area contributed by atoms with Crippen LogP contribution in [0.2, 0.25) is 0 Å². The molecule has 1 heterocycles. The topological polar surface area (TPSA) is 38.3 Å². The van der Waals surface area contributed by atoms with Crippen LogP contribution in [0.1, 0.15) is 33.6 Å². The van der Waals surface area contributed by atoms with Crippen molar-refractivity contribution < 1.29 is 9.53 Å². The molecule has 0 aromatic heterocycles. The zero-order valence-electron chi connectivity index (χ0n) is 9.79. The minimum atomic E-state index is -0.0987. The van der Waals surface area contributed by atoms with Crippen LogP contribution in [0.25, 0.3) is 0 Å². The average Bonchev–Trinajstić information content (AvgIpc) is 2.69. The highest BCUT2D eigenvalue weighted by Crippen LogP contribution is 2.29. The van der Waals surface area contributed by atoms with E-state index in [0.29, 0.717) is 17.9 Å². The van der Waals surface area contributed by atoms with Crippen LogP contribution in [0.3, 0.4) is 0 Å². The molecule has 1 N–H and O–H groups in total. The molecule has 15 heavy (non-hydrogen) atoms. The molecule has 1 rings (SSSR count). The van der Waals surface area contributed by atoms with Gasteiger partial charge in [0.2, 0.25) is 0 Å². The second kappa shape index (κ2) is 6.38. The molecule has 88 valence electrons. The standard InChI is InChI=1S/C11H21NO2S/c1-4-8(5-2)10-12-9(7-15-10)11(13)14-6-3/h8-10,12H,4-7H2,1-3H3/t9-,10+/m0/s1. The normalized spacial score (nSPS) is 25.9. The van der Waals surface area contributed by atoms with Crippen LogP contribution in [0.15, 0.2) is 0 Å². The molecule has 2 atom stereocenters. The van der Waals surface area contributed by atoms with Gasteiger partial charge in [-0.2, -0.15) is 0 Å². The van der Waals surface area contributed by atoms with Gasteiger partial charge in [0.25, 0.3) is 0 Å². The third kappa shape index (κ3) is 3.38. The summed E-state index contributed by atoms with van der Waals surface area (Å²) in [6.07, 6.45) is 2.33. The molecular weight excluding hydrogens is 210 g/mol. The van der Waals surface area contributed by atoms with E-state index in [0.717, 1.165) is 18.6 Å². The molecule has 1 aliphatic heterocycles. The molecule has 3 nitrogen and oxygen atoms in total. The van der Waals surface area contributed by atoms with Crippen molar-refractivity contribution in [2.75, 3.05) is 12.4 Å². The van der Waals surface area contributed by atoms with Crippen LogP contribution in [0.5, 0.6) is 0 Å². The Kier molecular flexibility index (Phi) is 5.47. The van der Waals surface area contributed by atoms with Gasteiger partial charge < -0.3 is 4.74 Å². The van der Waals surface area contributed by atoms with Crippen LogP contribution in [-0.2, 0) is 9.53 Å². The van der Waals surface area contributed by atoms with E-state index in [-0.39, 0.29) is 12.0 Å². The predicted molar refractivity (Wildman–Crippen MR) is 63.9 cm³/mol. The zero-order valence-corrected chi connectivity index (χ0v) is 10.6. The fraction of sp³-hybridized carbons (Fsp3) is 0.909. The molecule has 0 unspecified atom stereocenters. The van der Waals surface area contributed by atoms with Crippen molar-refractivity contribution in [3.05, 3.63) is 0 Å². The molecular formula is C11H21NO2S. The number of carbonyl (C=O) groups excluding carboxylic acids is 1. The van der Waals surface area contributed by atoms with E-state index in [9.17, 15) is 4.79 Å². The molecule has 0 radical (unpaired) electrons. The maximum atomic E-state index is 11.5. The molecule has 1 fully saturated rings. The lowest BCUT2D eigenvalue weighted by Crippen LogP contribution is -2.40. The summed E-state index contributed by atoms with van der Waals surface area (Å²) in [5.74, 6) is 1.41. The van der Waals surface area contributed by atoms with Gasteiger partial charge in [-0.3, -0.25) is 10.1 Å². The van der Waals surface area contributed by atoms with Crippen molar-refractivity contribution in [2.24, 2.45) is 5.92 Å². The van der Waals surface area contributed by atoms with Crippen molar-refractivity contribution in [3.63, 3.8) is 0 Å². The summed E-state index contributed by atoms with van der Waals surface area (Å²) in [6, 6.07) is -0.0967. The highest BCUT2D eigenvalue weighted by atomic mass is 32.2. The molecule has 0 spiro atoms. The third-order valence-electron chi connectivity index (χ3n) is 2.86. The minimum Gasteiger partial charge on any atom is -0.465 e. The lowest BCUT2D eigenvalue weighted by atomic mass is 10.0. The SMILES string of the molecule is CCOC(=O)[C@@H]1CS[C@H](C(CC)CC)N1. The summed E-state index contributed by atoms with van der Waals surface area (Å²) in [6.45, 7) is 6.72. The Balaban J connectivity index is 2.41. The Labute approximate surface area is 96.3 Å². The van der Waals surface area contributed by atoms with Gasteiger partial charge in [0.05, 0.1) is 12.0 Å². The molecule has 0 saturated carbocycles. The maximum Gasteiger partial charge on any atom is 0.324 e. The van der Waals surface area contributed by atoms with Crippen LogP contribution >= 0.6 is 11.8 Å².